The number of halogens is 1. The molecule has 0 unspecified atom stereocenters. The zero-order valence-corrected chi connectivity index (χ0v) is 9.97. The first-order valence-electron chi connectivity index (χ1n) is 5.58. The van der Waals surface area contributed by atoms with Crippen LogP contribution < -0.4 is 4.90 Å². The molecule has 98 valence electrons. The highest BCUT2D eigenvalue weighted by Crippen LogP contribution is 2.27. The number of hydrogen-bond donors (Lipinski definition) is 1. The van der Waals surface area contributed by atoms with E-state index in [9.17, 15) is 9.18 Å². The minimum atomic E-state index is -1.13. The Kier molecular flexibility index (Phi) is 3.42. The van der Waals surface area contributed by atoms with Gasteiger partial charge in [-0.1, -0.05) is 0 Å². The van der Waals surface area contributed by atoms with Gasteiger partial charge >= 0.3 is 5.97 Å². The van der Waals surface area contributed by atoms with Gasteiger partial charge in [0.1, 0.15) is 0 Å². The highest BCUT2D eigenvalue weighted by molar-refractivity contribution is 5.78. The molecule has 0 aromatic carbocycles. The van der Waals surface area contributed by atoms with E-state index >= 15 is 0 Å². The fourth-order valence-corrected chi connectivity index (χ4v) is 2.04. The summed E-state index contributed by atoms with van der Waals surface area (Å²) in [6, 6.07) is 0. The van der Waals surface area contributed by atoms with Crippen molar-refractivity contribution in [1.29, 1.82) is 0 Å². The molecule has 1 saturated heterocycles. The lowest BCUT2D eigenvalue weighted by Gasteiger charge is -2.37. The van der Waals surface area contributed by atoms with Gasteiger partial charge in [0.25, 0.3) is 0 Å². The average Bonchev–Trinajstić information content (AvgIpc) is 2.39. The van der Waals surface area contributed by atoms with Crippen molar-refractivity contribution < 1.29 is 19.0 Å². The van der Waals surface area contributed by atoms with Crippen molar-refractivity contribution in [3.63, 3.8) is 0 Å². The molecular weight excluding hydrogens is 241 g/mol. The molecule has 18 heavy (non-hydrogen) atoms. The smallest absolute Gasteiger partial charge is 0.336 e. The maximum atomic E-state index is 12.7. The van der Waals surface area contributed by atoms with E-state index in [2.05, 4.69) is 9.97 Å². The average molecular weight is 255 g/mol. The number of anilines is 1. The molecule has 0 aliphatic carbocycles. The maximum absolute atomic E-state index is 12.7. The molecule has 0 radical (unpaired) electrons. The van der Waals surface area contributed by atoms with Gasteiger partial charge in [-0.2, -0.15) is 0 Å². The summed E-state index contributed by atoms with van der Waals surface area (Å²) in [6.45, 7) is 0.928. The van der Waals surface area contributed by atoms with E-state index in [1.807, 2.05) is 4.90 Å². The molecule has 2 rings (SSSR count). The van der Waals surface area contributed by atoms with Crippen LogP contribution in [-0.4, -0.2) is 46.8 Å². The number of nitrogens with zero attached hydrogens (tertiary/aromatic N) is 3. The zero-order chi connectivity index (χ0) is 13.2. The highest BCUT2D eigenvalue weighted by Gasteiger charge is 2.42. The molecule has 1 aromatic heterocycles. The Morgan fingerprint density at radius 1 is 1.44 bits per heavy atom. The Labute approximate surface area is 103 Å². The van der Waals surface area contributed by atoms with Crippen LogP contribution in [0.3, 0.4) is 0 Å². The molecule has 0 bridgehead atoms. The minimum absolute atomic E-state index is 0.347. The molecule has 7 heteroatoms. The van der Waals surface area contributed by atoms with Crippen LogP contribution in [-0.2, 0) is 9.53 Å². The summed E-state index contributed by atoms with van der Waals surface area (Å²) in [7, 11) is 1.40. The molecule has 0 amide bonds. The van der Waals surface area contributed by atoms with Crippen molar-refractivity contribution in [2.24, 2.45) is 0 Å². The second kappa shape index (κ2) is 4.85. The number of carboxylic acids is 1. The highest BCUT2D eigenvalue weighted by atomic mass is 19.1. The number of piperidine rings is 1. The van der Waals surface area contributed by atoms with Gasteiger partial charge in [-0.05, 0) is 0 Å². The van der Waals surface area contributed by atoms with Gasteiger partial charge in [0.05, 0.1) is 12.4 Å². The number of ether oxygens (including phenoxy) is 1. The van der Waals surface area contributed by atoms with Gasteiger partial charge in [-0.25, -0.2) is 19.2 Å². The molecule has 6 nitrogen and oxygen atoms in total. The van der Waals surface area contributed by atoms with Crippen LogP contribution >= 0.6 is 0 Å². The van der Waals surface area contributed by atoms with Crippen LogP contribution in [0, 0.1) is 5.82 Å². The largest absolute Gasteiger partial charge is 0.479 e. The summed E-state index contributed by atoms with van der Waals surface area (Å²) >= 11 is 0. The number of hydrogen-bond acceptors (Lipinski definition) is 5. The molecule has 2 heterocycles. The van der Waals surface area contributed by atoms with E-state index in [1.54, 1.807) is 0 Å². The second-order valence-corrected chi connectivity index (χ2v) is 4.19. The van der Waals surface area contributed by atoms with Crippen LogP contribution in [0.15, 0.2) is 12.4 Å². The van der Waals surface area contributed by atoms with Crippen LogP contribution in [0.5, 0.6) is 0 Å². The van der Waals surface area contributed by atoms with E-state index in [4.69, 9.17) is 9.84 Å². The quantitative estimate of drug-likeness (QED) is 0.856. The molecule has 1 aliphatic rings. The van der Waals surface area contributed by atoms with Gasteiger partial charge in [-0.15, -0.1) is 0 Å². The van der Waals surface area contributed by atoms with Crippen LogP contribution in [0.2, 0.25) is 0 Å². The Bertz CT molecular complexity index is 430. The van der Waals surface area contributed by atoms with E-state index < -0.39 is 17.4 Å². The maximum Gasteiger partial charge on any atom is 0.336 e. The van der Waals surface area contributed by atoms with Gasteiger partial charge in [-0.3, -0.25) is 0 Å². The summed E-state index contributed by atoms with van der Waals surface area (Å²) < 4.78 is 17.8. The summed E-state index contributed by atoms with van der Waals surface area (Å²) in [5.41, 5.74) is -1.13. The predicted molar refractivity (Wildman–Crippen MR) is 60.8 cm³/mol. The van der Waals surface area contributed by atoms with E-state index in [0.717, 1.165) is 12.4 Å². The third-order valence-electron chi connectivity index (χ3n) is 3.24. The van der Waals surface area contributed by atoms with Crippen molar-refractivity contribution in [2.75, 3.05) is 25.1 Å². The molecule has 0 spiro atoms. The summed E-state index contributed by atoms with van der Waals surface area (Å²) in [6.07, 6.45) is 2.88. The molecular formula is C11H14FN3O3. The number of aliphatic carboxylic acids is 1. The lowest BCUT2D eigenvalue weighted by molar-refractivity contribution is -0.164. The Balaban J connectivity index is 2.06. The van der Waals surface area contributed by atoms with E-state index in [1.165, 1.54) is 7.11 Å². The number of aromatic nitrogens is 2. The Morgan fingerprint density at radius 3 is 2.44 bits per heavy atom. The van der Waals surface area contributed by atoms with Crippen molar-refractivity contribution in [3.8, 4) is 0 Å². The SMILES string of the molecule is COC1(C(=O)O)CCN(c2ncc(F)cn2)CC1. The Morgan fingerprint density at radius 2 is 2.00 bits per heavy atom. The third kappa shape index (κ3) is 2.26. The predicted octanol–water partition coefficient (Wildman–Crippen LogP) is 0.686. The molecule has 0 atom stereocenters. The standard InChI is InChI=1S/C11H14FN3O3/c1-18-11(9(16)17)2-4-15(5-3-11)10-13-6-8(12)7-14-10/h6-7H,2-5H2,1H3,(H,16,17). The molecule has 0 saturated carbocycles. The lowest BCUT2D eigenvalue weighted by atomic mass is 9.91. The van der Waals surface area contributed by atoms with E-state index in [-0.39, 0.29) is 0 Å². The van der Waals surface area contributed by atoms with Crippen molar-refractivity contribution in [1.82, 2.24) is 9.97 Å². The first kappa shape index (κ1) is 12.7. The topological polar surface area (TPSA) is 75.6 Å². The summed E-state index contributed by atoms with van der Waals surface area (Å²) in [5, 5.41) is 9.16. The third-order valence-corrected chi connectivity index (χ3v) is 3.24. The molecule has 1 aromatic rings. The van der Waals surface area contributed by atoms with Crippen LogP contribution in [0.1, 0.15) is 12.8 Å². The minimum Gasteiger partial charge on any atom is -0.479 e. The summed E-state index contributed by atoms with van der Waals surface area (Å²) in [5.74, 6) is -1.04. The van der Waals surface area contributed by atoms with Gasteiger partial charge < -0.3 is 14.7 Å². The van der Waals surface area contributed by atoms with Crippen molar-refractivity contribution >= 4 is 11.9 Å². The fourth-order valence-electron chi connectivity index (χ4n) is 2.04. The van der Waals surface area contributed by atoms with Gasteiger partial charge in [0, 0.05) is 33.0 Å². The monoisotopic (exact) mass is 255 g/mol. The molecule has 1 fully saturated rings. The fraction of sp³-hybridized carbons (Fsp3) is 0.545. The second-order valence-electron chi connectivity index (χ2n) is 4.19. The lowest BCUT2D eigenvalue weighted by Crippen LogP contribution is -2.51. The number of methoxy groups -OCH3 is 1. The summed E-state index contributed by atoms with van der Waals surface area (Å²) in [4.78, 5) is 20.7. The molecule has 1 N–H and O–H groups in total. The van der Waals surface area contributed by atoms with Crippen LogP contribution in [0.4, 0.5) is 10.3 Å². The van der Waals surface area contributed by atoms with Gasteiger partial charge in [0.2, 0.25) is 5.95 Å². The van der Waals surface area contributed by atoms with Crippen LogP contribution in [0.25, 0.3) is 0 Å². The zero-order valence-electron chi connectivity index (χ0n) is 9.97. The first-order chi connectivity index (χ1) is 8.57. The Hall–Kier alpha value is -1.76. The first-order valence-corrected chi connectivity index (χ1v) is 5.58. The van der Waals surface area contributed by atoms with Crippen molar-refractivity contribution in [3.05, 3.63) is 18.2 Å². The van der Waals surface area contributed by atoms with Gasteiger partial charge in [0.15, 0.2) is 11.4 Å². The number of rotatable bonds is 3. The number of carboxylic acid groups (broad SMARTS) is 1. The number of carbonyl (C=O) groups is 1. The molecule has 1 aliphatic heterocycles. The van der Waals surface area contributed by atoms with Crippen molar-refractivity contribution in [2.45, 2.75) is 18.4 Å². The normalized spacial score (nSPS) is 18.7. The van der Waals surface area contributed by atoms with E-state index in [0.29, 0.717) is 31.9 Å².